The summed E-state index contributed by atoms with van der Waals surface area (Å²) in [7, 11) is -2.58. The summed E-state index contributed by atoms with van der Waals surface area (Å²) in [5.74, 6) is -1.71. The normalized spacial score (nSPS) is 15.4. The standard InChI is InChI=1S/C32H37FN4O7S/c1-5-44-27-17-20(11-13-25(27)33)29(35-22-9-6-8-21(16-22)30(34)38)31(39)37-15-7-10-26(37)24-18-23(36-32(40)43-4)12-14-28(24)45(41,42)19(2)3/h6,8-9,11-14,16-19,26,29,35H,5,7,10,15H2,1-4H3,(H2,34,38)(H,36,40)/t26?,29-/m1/s1. The van der Waals surface area contributed by atoms with Gasteiger partial charge in [-0.25, -0.2) is 17.6 Å². The smallest absolute Gasteiger partial charge is 0.411 e. The summed E-state index contributed by atoms with van der Waals surface area (Å²) in [6.45, 7) is 5.36. The number of anilines is 2. The first kappa shape index (κ1) is 33.2. The van der Waals surface area contributed by atoms with Gasteiger partial charge in [-0.3, -0.25) is 14.9 Å². The van der Waals surface area contributed by atoms with Crippen LogP contribution in [0, 0.1) is 5.82 Å². The second-order valence-electron chi connectivity index (χ2n) is 10.8. The summed E-state index contributed by atoms with van der Waals surface area (Å²) in [5.41, 5.74) is 7.15. The number of carbonyl (C=O) groups excluding carboxylic acids is 3. The molecule has 240 valence electrons. The summed E-state index contributed by atoms with van der Waals surface area (Å²) in [5, 5.41) is 4.99. The quantitative estimate of drug-likeness (QED) is 0.258. The Labute approximate surface area is 261 Å². The highest BCUT2D eigenvalue weighted by Crippen LogP contribution is 2.40. The topological polar surface area (TPSA) is 157 Å². The fraction of sp³-hybridized carbons (Fsp3) is 0.344. The fourth-order valence-corrected chi connectivity index (χ4v) is 6.56. The highest BCUT2D eigenvalue weighted by atomic mass is 32.2. The predicted molar refractivity (Wildman–Crippen MR) is 167 cm³/mol. The van der Waals surface area contributed by atoms with Crippen LogP contribution in [-0.2, 0) is 19.4 Å². The van der Waals surface area contributed by atoms with Crippen molar-refractivity contribution in [3.05, 3.63) is 83.2 Å². The lowest BCUT2D eigenvalue weighted by atomic mass is 10.0. The van der Waals surface area contributed by atoms with Crippen molar-refractivity contribution in [3.8, 4) is 5.75 Å². The number of sulfone groups is 1. The number of amides is 3. The summed E-state index contributed by atoms with van der Waals surface area (Å²) in [6, 6.07) is 13.1. The molecular weight excluding hydrogens is 603 g/mol. The lowest BCUT2D eigenvalue weighted by Gasteiger charge is -2.32. The van der Waals surface area contributed by atoms with Gasteiger partial charge in [-0.1, -0.05) is 12.1 Å². The Hall–Kier alpha value is -4.65. The molecule has 11 nitrogen and oxygen atoms in total. The maximum Gasteiger partial charge on any atom is 0.411 e. The van der Waals surface area contributed by atoms with E-state index >= 15 is 0 Å². The number of primary amides is 1. The van der Waals surface area contributed by atoms with Crippen molar-refractivity contribution < 1.29 is 36.7 Å². The first-order chi connectivity index (χ1) is 21.4. The largest absolute Gasteiger partial charge is 0.491 e. The predicted octanol–water partition coefficient (Wildman–Crippen LogP) is 5.20. The Bertz CT molecular complexity index is 1700. The molecule has 1 heterocycles. The third-order valence-corrected chi connectivity index (χ3v) is 9.78. The zero-order chi connectivity index (χ0) is 32.9. The molecule has 3 amide bonds. The van der Waals surface area contributed by atoms with Crippen molar-refractivity contribution in [2.24, 2.45) is 5.73 Å². The maximum absolute atomic E-state index is 14.6. The van der Waals surface area contributed by atoms with Crippen molar-refractivity contribution in [2.45, 2.75) is 55.8 Å². The van der Waals surface area contributed by atoms with E-state index < -0.39 is 50.9 Å². The molecule has 1 saturated heterocycles. The lowest BCUT2D eigenvalue weighted by Crippen LogP contribution is -2.38. The monoisotopic (exact) mass is 640 g/mol. The van der Waals surface area contributed by atoms with Gasteiger partial charge in [0.2, 0.25) is 11.8 Å². The lowest BCUT2D eigenvalue weighted by molar-refractivity contribution is -0.133. The summed E-state index contributed by atoms with van der Waals surface area (Å²) in [4.78, 5) is 40.0. The minimum Gasteiger partial charge on any atom is -0.491 e. The van der Waals surface area contributed by atoms with Crippen LogP contribution in [0.2, 0.25) is 0 Å². The van der Waals surface area contributed by atoms with E-state index in [1.807, 2.05) is 0 Å². The van der Waals surface area contributed by atoms with Gasteiger partial charge >= 0.3 is 6.09 Å². The molecule has 3 aromatic rings. The fourth-order valence-electron chi connectivity index (χ4n) is 5.27. The van der Waals surface area contributed by atoms with Crippen molar-refractivity contribution >= 4 is 39.1 Å². The molecule has 4 rings (SSSR count). The Balaban J connectivity index is 1.82. The molecule has 0 spiro atoms. The van der Waals surface area contributed by atoms with E-state index in [-0.39, 0.29) is 22.8 Å². The molecule has 0 aliphatic carbocycles. The Kier molecular flexibility index (Phi) is 10.3. The van der Waals surface area contributed by atoms with Gasteiger partial charge in [-0.05, 0) is 93.3 Å². The van der Waals surface area contributed by atoms with Crippen LogP contribution in [0.1, 0.15) is 67.2 Å². The molecule has 0 saturated carbocycles. The van der Waals surface area contributed by atoms with E-state index in [1.165, 1.54) is 49.6 Å². The van der Waals surface area contributed by atoms with Crippen LogP contribution in [0.25, 0.3) is 0 Å². The van der Waals surface area contributed by atoms with Gasteiger partial charge in [0.1, 0.15) is 6.04 Å². The number of carbonyl (C=O) groups is 3. The number of hydrogen-bond acceptors (Lipinski definition) is 8. The molecule has 3 aromatic carbocycles. The van der Waals surface area contributed by atoms with Crippen LogP contribution < -0.4 is 21.1 Å². The molecule has 1 unspecified atom stereocenters. The van der Waals surface area contributed by atoms with Gasteiger partial charge in [0.05, 0.1) is 29.9 Å². The van der Waals surface area contributed by atoms with E-state index in [2.05, 4.69) is 10.6 Å². The molecule has 1 aliphatic rings. The van der Waals surface area contributed by atoms with E-state index in [9.17, 15) is 27.2 Å². The minimum absolute atomic E-state index is 0.0367. The Morgan fingerprint density at radius 2 is 1.82 bits per heavy atom. The van der Waals surface area contributed by atoms with Gasteiger partial charge < -0.3 is 25.4 Å². The summed E-state index contributed by atoms with van der Waals surface area (Å²) >= 11 is 0. The highest BCUT2D eigenvalue weighted by Gasteiger charge is 2.38. The number of rotatable bonds is 11. The first-order valence-corrected chi connectivity index (χ1v) is 16.0. The molecule has 2 atom stereocenters. The number of nitrogens with one attached hydrogen (secondary N) is 2. The van der Waals surface area contributed by atoms with Crippen LogP contribution in [0.3, 0.4) is 0 Å². The van der Waals surface area contributed by atoms with Gasteiger partial charge in [0.25, 0.3) is 0 Å². The Morgan fingerprint density at radius 1 is 1.07 bits per heavy atom. The third kappa shape index (κ3) is 7.36. The Morgan fingerprint density at radius 3 is 2.49 bits per heavy atom. The molecule has 1 fully saturated rings. The van der Waals surface area contributed by atoms with Gasteiger partial charge in [-0.2, -0.15) is 0 Å². The second kappa shape index (κ2) is 14.0. The number of nitrogens with zero attached hydrogens (tertiary/aromatic N) is 1. The summed E-state index contributed by atoms with van der Waals surface area (Å²) in [6.07, 6.45) is 0.290. The number of methoxy groups -OCH3 is 1. The minimum atomic E-state index is -3.79. The zero-order valence-electron chi connectivity index (χ0n) is 25.5. The number of nitrogens with two attached hydrogens (primary N) is 1. The summed E-state index contributed by atoms with van der Waals surface area (Å²) < 4.78 is 51.7. The average molecular weight is 641 g/mol. The van der Waals surface area contributed by atoms with Gasteiger partial charge in [0, 0.05) is 23.5 Å². The molecule has 4 N–H and O–H groups in total. The van der Waals surface area contributed by atoms with Gasteiger partial charge in [0.15, 0.2) is 21.4 Å². The second-order valence-corrected chi connectivity index (χ2v) is 13.3. The van der Waals surface area contributed by atoms with Crippen LogP contribution >= 0.6 is 0 Å². The molecule has 1 aliphatic heterocycles. The molecule has 13 heteroatoms. The van der Waals surface area contributed by atoms with Crippen LogP contribution in [-0.4, -0.2) is 56.7 Å². The van der Waals surface area contributed by atoms with E-state index in [0.717, 1.165) is 0 Å². The molecule has 45 heavy (non-hydrogen) atoms. The van der Waals surface area contributed by atoms with E-state index in [0.29, 0.717) is 41.9 Å². The van der Waals surface area contributed by atoms with Gasteiger partial charge in [-0.15, -0.1) is 0 Å². The third-order valence-electron chi connectivity index (χ3n) is 7.56. The van der Waals surface area contributed by atoms with Crippen LogP contribution in [0.15, 0.2) is 65.6 Å². The molecular formula is C32H37FN4O7S. The number of ether oxygens (including phenoxy) is 2. The molecule has 0 radical (unpaired) electrons. The van der Waals surface area contributed by atoms with E-state index in [1.54, 1.807) is 43.9 Å². The van der Waals surface area contributed by atoms with Crippen molar-refractivity contribution in [2.75, 3.05) is 30.9 Å². The first-order valence-electron chi connectivity index (χ1n) is 14.5. The van der Waals surface area contributed by atoms with Crippen molar-refractivity contribution in [1.82, 2.24) is 4.90 Å². The molecule has 0 bridgehead atoms. The van der Waals surface area contributed by atoms with Crippen molar-refractivity contribution in [1.29, 1.82) is 0 Å². The highest BCUT2D eigenvalue weighted by molar-refractivity contribution is 7.92. The number of hydrogen-bond donors (Lipinski definition) is 3. The molecule has 0 aromatic heterocycles. The maximum atomic E-state index is 14.6. The van der Waals surface area contributed by atoms with E-state index in [4.69, 9.17) is 15.2 Å². The van der Waals surface area contributed by atoms with Crippen LogP contribution in [0.5, 0.6) is 5.75 Å². The number of likely N-dealkylation sites (tertiary alicyclic amines) is 1. The average Bonchev–Trinajstić information content (AvgIpc) is 3.51. The number of benzene rings is 3. The van der Waals surface area contributed by atoms with Crippen LogP contribution in [0.4, 0.5) is 20.6 Å². The number of halogens is 1. The van der Waals surface area contributed by atoms with Crippen molar-refractivity contribution in [3.63, 3.8) is 0 Å². The SMILES string of the molecule is CCOc1cc([C@@H](Nc2cccc(C(N)=O)c2)C(=O)N2CCCC2c2cc(NC(=O)OC)ccc2S(=O)(=O)C(C)C)ccc1F. The zero-order valence-corrected chi connectivity index (χ0v) is 26.3.